The molecule has 2 heterocycles. The Morgan fingerprint density at radius 1 is 1.17 bits per heavy atom. The first-order valence-electron chi connectivity index (χ1n) is 9.63. The van der Waals surface area contributed by atoms with Gasteiger partial charge in [-0.25, -0.2) is 15.8 Å². The molecule has 0 radical (unpaired) electrons. The lowest BCUT2D eigenvalue weighted by Crippen LogP contribution is -2.45. The van der Waals surface area contributed by atoms with Crippen LogP contribution in [0.5, 0.6) is 5.75 Å². The third kappa shape index (κ3) is 4.16. The highest BCUT2D eigenvalue weighted by atomic mass is 16.5. The Hall–Kier alpha value is -3.16. The smallest absolute Gasteiger partial charge is 0.239 e. The number of methoxy groups -OCH3 is 1. The van der Waals surface area contributed by atoms with Crippen molar-refractivity contribution in [1.82, 2.24) is 25.7 Å². The number of nitrogens with one attached hydrogen (secondary N) is 3. The molecular weight excluding hydrogens is 366 g/mol. The third-order valence-corrected chi connectivity index (χ3v) is 5.27. The SMILES string of the molecule is COc1ccc(C(NC(=O)C2CC(c3ccccc3)NN2)c2nccn2C)cc1. The number of imidazole rings is 1. The summed E-state index contributed by atoms with van der Waals surface area (Å²) in [6.07, 6.45) is 4.28. The van der Waals surface area contributed by atoms with Crippen molar-refractivity contribution >= 4 is 5.91 Å². The number of carbonyl (C=O) groups is 1. The molecular formula is C22H25N5O2. The molecule has 4 rings (SSSR count). The predicted molar refractivity (Wildman–Crippen MR) is 110 cm³/mol. The molecule has 3 N–H and O–H groups in total. The van der Waals surface area contributed by atoms with Crippen molar-refractivity contribution in [1.29, 1.82) is 0 Å². The van der Waals surface area contributed by atoms with Crippen LogP contribution in [0.1, 0.15) is 35.5 Å². The molecule has 1 aliphatic rings. The van der Waals surface area contributed by atoms with E-state index in [1.165, 1.54) is 0 Å². The number of benzene rings is 2. The fraction of sp³-hybridized carbons (Fsp3) is 0.273. The van der Waals surface area contributed by atoms with Crippen LogP contribution in [0.4, 0.5) is 0 Å². The van der Waals surface area contributed by atoms with E-state index in [9.17, 15) is 4.79 Å². The van der Waals surface area contributed by atoms with E-state index in [4.69, 9.17) is 4.74 Å². The van der Waals surface area contributed by atoms with Crippen molar-refractivity contribution in [2.24, 2.45) is 7.05 Å². The molecule has 1 amide bonds. The Bertz CT molecular complexity index is 955. The number of hydrazine groups is 1. The number of aryl methyl sites for hydroxylation is 1. The molecule has 3 atom stereocenters. The summed E-state index contributed by atoms with van der Waals surface area (Å²) in [5, 5.41) is 3.16. The lowest BCUT2D eigenvalue weighted by atomic mass is 10.0. The third-order valence-electron chi connectivity index (χ3n) is 5.27. The van der Waals surface area contributed by atoms with Gasteiger partial charge < -0.3 is 14.6 Å². The highest BCUT2D eigenvalue weighted by molar-refractivity contribution is 5.82. The molecule has 1 fully saturated rings. The van der Waals surface area contributed by atoms with E-state index in [1.54, 1.807) is 13.3 Å². The summed E-state index contributed by atoms with van der Waals surface area (Å²) in [5.41, 5.74) is 8.46. The fourth-order valence-corrected chi connectivity index (χ4v) is 3.62. The average Bonchev–Trinajstić information content (AvgIpc) is 3.42. The number of hydrogen-bond donors (Lipinski definition) is 3. The van der Waals surface area contributed by atoms with Crippen molar-refractivity contribution in [3.8, 4) is 5.75 Å². The van der Waals surface area contributed by atoms with Gasteiger partial charge in [0.25, 0.3) is 0 Å². The zero-order valence-corrected chi connectivity index (χ0v) is 16.5. The lowest BCUT2D eigenvalue weighted by Gasteiger charge is -2.21. The van der Waals surface area contributed by atoms with Gasteiger partial charge in [-0.05, 0) is 29.7 Å². The van der Waals surface area contributed by atoms with Gasteiger partial charge in [-0.2, -0.15) is 0 Å². The van der Waals surface area contributed by atoms with Crippen LogP contribution in [0.3, 0.4) is 0 Å². The molecule has 1 saturated heterocycles. The van der Waals surface area contributed by atoms with Gasteiger partial charge in [0.1, 0.15) is 23.7 Å². The largest absolute Gasteiger partial charge is 0.497 e. The van der Waals surface area contributed by atoms with Gasteiger partial charge in [0.15, 0.2) is 0 Å². The van der Waals surface area contributed by atoms with Gasteiger partial charge in [-0.3, -0.25) is 4.79 Å². The van der Waals surface area contributed by atoms with Crippen LogP contribution in [0, 0.1) is 0 Å². The first-order chi connectivity index (χ1) is 14.2. The van der Waals surface area contributed by atoms with Crippen molar-refractivity contribution in [2.75, 3.05) is 7.11 Å². The number of aromatic nitrogens is 2. The predicted octanol–water partition coefficient (Wildman–Crippen LogP) is 2.24. The second kappa shape index (κ2) is 8.46. The zero-order valence-electron chi connectivity index (χ0n) is 16.5. The van der Waals surface area contributed by atoms with Crippen LogP contribution in [-0.4, -0.2) is 28.6 Å². The maximum atomic E-state index is 13.1. The Morgan fingerprint density at radius 2 is 1.93 bits per heavy atom. The maximum absolute atomic E-state index is 13.1. The molecule has 2 aromatic carbocycles. The Kier molecular flexibility index (Phi) is 5.59. The van der Waals surface area contributed by atoms with E-state index in [2.05, 4.69) is 33.3 Å². The van der Waals surface area contributed by atoms with Gasteiger partial charge in [-0.15, -0.1) is 0 Å². The molecule has 0 spiro atoms. The topological polar surface area (TPSA) is 80.2 Å². The Balaban J connectivity index is 1.51. The van der Waals surface area contributed by atoms with Gasteiger partial charge in [0.05, 0.1) is 7.11 Å². The molecule has 1 aliphatic heterocycles. The van der Waals surface area contributed by atoms with E-state index in [1.807, 2.05) is 60.3 Å². The van der Waals surface area contributed by atoms with Gasteiger partial charge >= 0.3 is 0 Å². The van der Waals surface area contributed by atoms with E-state index in [-0.39, 0.29) is 24.0 Å². The lowest BCUT2D eigenvalue weighted by molar-refractivity contribution is -0.123. The van der Waals surface area contributed by atoms with Gasteiger partial charge in [0, 0.05) is 25.5 Å². The molecule has 3 unspecified atom stereocenters. The minimum atomic E-state index is -0.356. The van der Waals surface area contributed by atoms with Gasteiger partial charge in [0.2, 0.25) is 5.91 Å². The van der Waals surface area contributed by atoms with E-state index >= 15 is 0 Å². The molecule has 0 aliphatic carbocycles. The second-order valence-corrected chi connectivity index (χ2v) is 7.15. The Labute approximate surface area is 170 Å². The van der Waals surface area contributed by atoms with Crippen molar-refractivity contribution in [2.45, 2.75) is 24.5 Å². The summed E-state index contributed by atoms with van der Waals surface area (Å²) in [4.78, 5) is 17.5. The average molecular weight is 391 g/mol. The van der Waals surface area contributed by atoms with Crippen molar-refractivity contribution < 1.29 is 9.53 Å². The summed E-state index contributed by atoms with van der Waals surface area (Å²) in [5.74, 6) is 1.47. The van der Waals surface area contributed by atoms with Crippen LogP contribution >= 0.6 is 0 Å². The highest BCUT2D eigenvalue weighted by Gasteiger charge is 2.32. The van der Waals surface area contributed by atoms with E-state index in [0.717, 1.165) is 22.7 Å². The molecule has 7 heteroatoms. The number of ether oxygens (including phenoxy) is 1. The molecule has 3 aromatic rings. The summed E-state index contributed by atoms with van der Waals surface area (Å²) in [6, 6.07) is 17.2. The maximum Gasteiger partial charge on any atom is 0.239 e. The monoisotopic (exact) mass is 391 g/mol. The normalized spacial score (nSPS) is 19.7. The number of nitrogens with zero attached hydrogens (tertiary/aromatic N) is 2. The molecule has 7 nitrogen and oxygen atoms in total. The summed E-state index contributed by atoms with van der Waals surface area (Å²) < 4.78 is 7.17. The second-order valence-electron chi connectivity index (χ2n) is 7.15. The summed E-state index contributed by atoms with van der Waals surface area (Å²) in [7, 11) is 3.56. The molecule has 1 aromatic heterocycles. The van der Waals surface area contributed by atoms with E-state index in [0.29, 0.717) is 6.42 Å². The quantitative estimate of drug-likeness (QED) is 0.601. The van der Waals surface area contributed by atoms with Gasteiger partial charge in [-0.1, -0.05) is 42.5 Å². The first-order valence-corrected chi connectivity index (χ1v) is 9.63. The Morgan fingerprint density at radius 3 is 2.59 bits per heavy atom. The van der Waals surface area contributed by atoms with Crippen LogP contribution < -0.4 is 20.9 Å². The highest BCUT2D eigenvalue weighted by Crippen LogP contribution is 2.25. The molecule has 0 bridgehead atoms. The van der Waals surface area contributed by atoms with Crippen molar-refractivity contribution in [3.63, 3.8) is 0 Å². The molecule has 150 valence electrons. The first kappa shape index (κ1) is 19.2. The summed E-state index contributed by atoms with van der Waals surface area (Å²) in [6.45, 7) is 0. The van der Waals surface area contributed by atoms with Crippen LogP contribution in [0.25, 0.3) is 0 Å². The number of amides is 1. The zero-order chi connectivity index (χ0) is 20.2. The standard InChI is InChI=1S/C22H25N5O2/c1-27-13-12-23-21(27)20(16-8-10-17(29-2)11-9-16)24-22(28)19-14-18(25-26-19)15-6-4-3-5-7-15/h3-13,18-20,25-26H,14H2,1-2H3,(H,24,28). The number of rotatable bonds is 6. The van der Waals surface area contributed by atoms with E-state index < -0.39 is 0 Å². The molecule has 29 heavy (non-hydrogen) atoms. The minimum Gasteiger partial charge on any atom is -0.497 e. The number of carbonyl (C=O) groups excluding carboxylic acids is 1. The molecule has 0 saturated carbocycles. The van der Waals surface area contributed by atoms with Crippen LogP contribution in [0.2, 0.25) is 0 Å². The fourth-order valence-electron chi connectivity index (χ4n) is 3.62. The minimum absolute atomic E-state index is 0.0697. The number of hydrogen-bond acceptors (Lipinski definition) is 5. The van der Waals surface area contributed by atoms with Crippen molar-refractivity contribution in [3.05, 3.63) is 83.9 Å². The van der Waals surface area contributed by atoms with Crippen LogP contribution in [-0.2, 0) is 11.8 Å². The van der Waals surface area contributed by atoms with Crippen LogP contribution in [0.15, 0.2) is 67.0 Å². The summed E-state index contributed by atoms with van der Waals surface area (Å²) >= 11 is 0.